The quantitative estimate of drug-likeness (QED) is 0.307. The number of carbonyl (C=O) groups excluding carboxylic acids is 1. The van der Waals surface area contributed by atoms with Gasteiger partial charge in [0.15, 0.2) is 0 Å². The van der Waals surface area contributed by atoms with Gasteiger partial charge in [0.25, 0.3) is 5.91 Å². The van der Waals surface area contributed by atoms with Gasteiger partial charge in [0.1, 0.15) is 18.1 Å². The smallest absolute Gasteiger partial charge is 0.255 e. The van der Waals surface area contributed by atoms with Crippen LogP contribution >= 0.6 is 0 Å². The van der Waals surface area contributed by atoms with E-state index in [9.17, 15) is 4.79 Å². The van der Waals surface area contributed by atoms with Crippen LogP contribution in [0.25, 0.3) is 11.3 Å². The maximum Gasteiger partial charge on any atom is 0.255 e. The molecule has 4 aromatic rings. The zero-order valence-corrected chi connectivity index (χ0v) is 21.3. The second-order valence-electron chi connectivity index (χ2n) is 8.92. The molecule has 3 heterocycles. The number of anilines is 3. The van der Waals surface area contributed by atoms with Crippen molar-refractivity contribution in [3.63, 3.8) is 0 Å². The molecule has 2 aromatic heterocycles. The first-order chi connectivity index (χ1) is 18.7. The second kappa shape index (κ2) is 12.2. The molecule has 0 unspecified atom stereocenters. The highest BCUT2D eigenvalue weighted by molar-refractivity contribution is 6.05. The van der Waals surface area contributed by atoms with Crippen LogP contribution in [0.3, 0.4) is 0 Å². The molecule has 1 amide bonds. The number of nitrogens with zero attached hydrogens (tertiary/aromatic N) is 4. The van der Waals surface area contributed by atoms with E-state index < -0.39 is 0 Å². The molecule has 9 nitrogen and oxygen atoms in total. The third kappa shape index (κ3) is 6.43. The molecule has 5 rings (SSSR count). The van der Waals surface area contributed by atoms with Crippen molar-refractivity contribution >= 4 is 23.2 Å². The molecule has 0 radical (unpaired) electrons. The summed E-state index contributed by atoms with van der Waals surface area (Å²) < 4.78 is 11.3. The van der Waals surface area contributed by atoms with Crippen molar-refractivity contribution in [3.8, 4) is 22.8 Å². The van der Waals surface area contributed by atoms with Gasteiger partial charge < -0.3 is 20.1 Å². The third-order valence-electron chi connectivity index (χ3n) is 6.31. The molecule has 0 atom stereocenters. The van der Waals surface area contributed by atoms with Gasteiger partial charge in [0.05, 0.1) is 18.5 Å². The first kappa shape index (κ1) is 25.2. The average Bonchev–Trinajstić information content (AvgIpc) is 3.48. The van der Waals surface area contributed by atoms with Crippen LogP contribution in [0.1, 0.15) is 23.2 Å². The molecule has 0 aliphatic carbocycles. The van der Waals surface area contributed by atoms with Crippen molar-refractivity contribution in [2.24, 2.45) is 0 Å². The normalized spacial score (nSPS) is 13.2. The van der Waals surface area contributed by atoms with Crippen LogP contribution in [0.15, 0.2) is 79.3 Å². The average molecular weight is 511 g/mol. The highest BCUT2D eigenvalue weighted by Crippen LogP contribution is 2.29. The minimum atomic E-state index is -0.247. The van der Waals surface area contributed by atoms with Crippen molar-refractivity contribution in [2.75, 3.05) is 44.0 Å². The molecule has 1 aliphatic rings. The molecule has 194 valence electrons. The van der Waals surface area contributed by atoms with Crippen LogP contribution < -0.4 is 20.1 Å². The molecule has 2 aromatic carbocycles. The Morgan fingerprint density at radius 3 is 2.63 bits per heavy atom. The number of methoxy groups -OCH3 is 1. The summed E-state index contributed by atoms with van der Waals surface area (Å²) in [5, 5.41) is 6.11. The molecule has 1 fully saturated rings. The minimum Gasteiger partial charge on any atom is -0.495 e. The van der Waals surface area contributed by atoms with Gasteiger partial charge in [-0.25, -0.2) is 9.97 Å². The minimum absolute atomic E-state index is 0.247. The number of rotatable bonds is 10. The predicted molar refractivity (Wildman–Crippen MR) is 147 cm³/mol. The fourth-order valence-electron chi connectivity index (χ4n) is 4.30. The zero-order valence-electron chi connectivity index (χ0n) is 21.3. The summed E-state index contributed by atoms with van der Waals surface area (Å²) in [5.74, 6) is 1.48. The van der Waals surface area contributed by atoms with E-state index in [0.717, 1.165) is 36.6 Å². The fraction of sp³-hybridized carbons (Fsp3) is 0.241. The van der Waals surface area contributed by atoms with Crippen LogP contribution in [-0.4, -0.2) is 59.1 Å². The number of ether oxygens (including phenoxy) is 2. The van der Waals surface area contributed by atoms with E-state index in [2.05, 4.69) is 30.5 Å². The number of carbonyl (C=O) groups is 1. The van der Waals surface area contributed by atoms with E-state index in [1.54, 1.807) is 43.9 Å². The number of pyridine rings is 1. The van der Waals surface area contributed by atoms with Gasteiger partial charge in [-0.3, -0.25) is 14.7 Å². The number of nitrogens with one attached hydrogen (secondary N) is 2. The summed E-state index contributed by atoms with van der Waals surface area (Å²) in [6, 6.07) is 18.2. The Balaban J connectivity index is 1.23. The monoisotopic (exact) mass is 510 g/mol. The van der Waals surface area contributed by atoms with Gasteiger partial charge in [-0.15, -0.1) is 0 Å². The summed E-state index contributed by atoms with van der Waals surface area (Å²) in [7, 11) is 1.57. The number of aromatic nitrogens is 3. The number of benzene rings is 2. The number of hydrogen-bond donors (Lipinski definition) is 2. The molecule has 0 spiro atoms. The Kier molecular flexibility index (Phi) is 8.05. The van der Waals surface area contributed by atoms with Gasteiger partial charge in [-0.1, -0.05) is 0 Å². The lowest BCUT2D eigenvalue weighted by atomic mass is 10.1. The Bertz CT molecular complexity index is 1360. The van der Waals surface area contributed by atoms with Crippen LogP contribution in [0.5, 0.6) is 11.5 Å². The van der Waals surface area contributed by atoms with E-state index in [1.165, 1.54) is 12.8 Å². The summed E-state index contributed by atoms with van der Waals surface area (Å²) in [6.07, 6.45) is 7.66. The second-order valence-corrected chi connectivity index (χ2v) is 8.92. The standard InChI is InChI=1S/C29H30N6O3/c1-37-27-11-6-21(19-26(27)34-29-31-14-12-25(33-29)22-5-4-13-30-20-22)28(36)32-23-7-9-24(10-8-23)38-18-17-35-15-2-3-16-35/h4-14,19-20H,2-3,15-18H2,1H3,(H,32,36)(H,31,33,34). The van der Waals surface area contributed by atoms with Crippen molar-refractivity contribution in [2.45, 2.75) is 12.8 Å². The van der Waals surface area contributed by atoms with E-state index in [4.69, 9.17) is 9.47 Å². The lowest BCUT2D eigenvalue weighted by Crippen LogP contribution is -2.25. The van der Waals surface area contributed by atoms with Gasteiger partial charge in [-0.05, 0) is 86.6 Å². The van der Waals surface area contributed by atoms with Crippen molar-refractivity contribution < 1.29 is 14.3 Å². The first-order valence-electron chi connectivity index (χ1n) is 12.6. The zero-order chi connectivity index (χ0) is 26.2. The van der Waals surface area contributed by atoms with E-state index in [1.807, 2.05) is 42.5 Å². The summed E-state index contributed by atoms with van der Waals surface area (Å²) in [6.45, 7) is 3.90. The molecule has 0 bridgehead atoms. The molecule has 1 aliphatic heterocycles. The van der Waals surface area contributed by atoms with Crippen LogP contribution in [-0.2, 0) is 0 Å². The van der Waals surface area contributed by atoms with Crippen molar-refractivity contribution in [1.82, 2.24) is 19.9 Å². The SMILES string of the molecule is COc1ccc(C(=O)Nc2ccc(OCCN3CCCC3)cc2)cc1Nc1nccc(-c2cccnc2)n1. The van der Waals surface area contributed by atoms with E-state index in [-0.39, 0.29) is 5.91 Å². The highest BCUT2D eigenvalue weighted by Gasteiger charge is 2.13. The summed E-state index contributed by atoms with van der Waals surface area (Å²) in [5.41, 5.74) is 3.32. The predicted octanol–water partition coefficient (Wildman–Crippen LogP) is 5.02. The molecule has 1 saturated heterocycles. The Hall–Kier alpha value is -4.50. The molecule has 2 N–H and O–H groups in total. The first-order valence-corrected chi connectivity index (χ1v) is 12.6. The van der Waals surface area contributed by atoms with E-state index >= 15 is 0 Å². The van der Waals surface area contributed by atoms with Crippen LogP contribution in [0.2, 0.25) is 0 Å². The number of likely N-dealkylation sites (tertiary alicyclic amines) is 1. The Morgan fingerprint density at radius 1 is 1.03 bits per heavy atom. The molecular formula is C29H30N6O3. The van der Waals surface area contributed by atoms with Crippen molar-refractivity contribution in [1.29, 1.82) is 0 Å². The molecule has 38 heavy (non-hydrogen) atoms. The van der Waals surface area contributed by atoms with Gasteiger partial charge >= 0.3 is 0 Å². The molecule has 0 saturated carbocycles. The maximum absolute atomic E-state index is 13.0. The maximum atomic E-state index is 13.0. The number of hydrogen-bond acceptors (Lipinski definition) is 8. The topological polar surface area (TPSA) is 102 Å². The summed E-state index contributed by atoms with van der Waals surface area (Å²) >= 11 is 0. The van der Waals surface area contributed by atoms with Gasteiger partial charge in [0.2, 0.25) is 5.95 Å². The van der Waals surface area contributed by atoms with Gasteiger partial charge in [-0.2, -0.15) is 0 Å². The largest absolute Gasteiger partial charge is 0.495 e. The molecule has 9 heteroatoms. The van der Waals surface area contributed by atoms with E-state index in [0.29, 0.717) is 35.2 Å². The Morgan fingerprint density at radius 2 is 1.87 bits per heavy atom. The lowest BCUT2D eigenvalue weighted by molar-refractivity contribution is 0.102. The number of amides is 1. The lowest BCUT2D eigenvalue weighted by Gasteiger charge is -2.15. The fourth-order valence-corrected chi connectivity index (χ4v) is 4.30. The molecular weight excluding hydrogens is 480 g/mol. The van der Waals surface area contributed by atoms with Crippen molar-refractivity contribution in [3.05, 3.63) is 84.8 Å². The van der Waals surface area contributed by atoms with Crippen LogP contribution in [0, 0.1) is 0 Å². The Labute approximate surface area is 221 Å². The van der Waals surface area contributed by atoms with Gasteiger partial charge in [0, 0.05) is 41.9 Å². The highest BCUT2D eigenvalue weighted by atomic mass is 16.5. The third-order valence-corrected chi connectivity index (χ3v) is 6.31. The summed E-state index contributed by atoms with van der Waals surface area (Å²) in [4.78, 5) is 28.5. The van der Waals surface area contributed by atoms with Crippen LogP contribution in [0.4, 0.5) is 17.3 Å².